The summed E-state index contributed by atoms with van der Waals surface area (Å²) in [5, 5.41) is 3.50. The maximum Gasteiger partial charge on any atom is 0.142 e. The summed E-state index contributed by atoms with van der Waals surface area (Å²) < 4.78 is 5.44. The number of hydrogen-bond donors (Lipinski definition) is 1. The maximum absolute atomic E-state index is 5.44. The Labute approximate surface area is 130 Å². The van der Waals surface area contributed by atoms with Crippen molar-refractivity contribution in [3.63, 3.8) is 0 Å². The van der Waals surface area contributed by atoms with E-state index in [1.54, 1.807) is 0 Å². The smallest absolute Gasteiger partial charge is 0.142 e. The minimum absolute atomic E-state index is 0.606. The normalized spacial score (nSPS) is 26.0. The summed E-state index contributed by atoms with van der Waals surface area (Å²) in [4.78, 5) is 11.1. The molecule has 114 valence electrons. The van der Waals surface area contributed by atoms with Gasteiger partial charge in [0.2, 0.25) is 0 Å². The van der Waals surface area contributed by atoms with E-state index >= 15 is 0 Å². The van der Waals surface area contributed by atoms with E-state index in [1.807, 2.05) is 11.8 Å². The SMILES string of the molecule is c1nc2c(cc1N1CCOCC1)SCC[C@@H]1CNCCN21. The highest BCUT2D eigenvalue weighted by atomic mass is 32.2. The zero-order valence-electron chi connectivity index (χ0n) is 12.3. The number of nitrogens with zero attached hydrogens (tertiary/aromatic N) is 3. The fraction of sp³-hybridized carbons (Fsp3) is 0.667. The molecule has 0 aliphatic carbocycles. The van der Waals surface area contributed by atoms with E-state index in [0.717, 1.165) is 45.9 Å². The zero-order chi connectivity index (χ0) is 14.1. The highest BCUT2D eigenvalue weighted by molar-refractivity contribution is 7.99. The van der Waals surface area contributed by atoms with Crippen LogP contribution >= 0.6 is 11.8 Å². The molecule has 1 aromatic rings. The first-order chi connectivity index (χ1) is 10.4. The minimum Gasteiger partial charge on any atom is -0.378 e. The van der Waals surface area contributed by atoms with E-state index in [9.17, 15) is 0 Å². The van der Waals surface area contributed by atoms with Gasteiger partial charge in [-0.05, 0) is 12.5 Å². The van der Waals surface area contributed by atoms with Crippen LogP contribution in [0.3, 0.4) is 0 Å². The van der Waals surface area contributed by atoms with Crippen molar-refractivity contribution in [2.45, 2.75) is 17.4 Å². The Morgan fingerprint density at radius 3 is 3.10 bits per heavy atom. The van der Waals surface area contributed by atoms with Crippen LogP contribution in [0.15, 0.2) is 17.2 Å². The third kappa shape index (κ3) is 2.72. The summed E-state index contributed by atoms with van der Waals surface area (Å²) in [7, 11) is 0. The first kappa shape index (κ1) is 13.7. The number of pyridine rings is 1. The van der Waals surface area contributed by atoms with Crippen molar-refractivity contribution < 1.29 is 4.74 Å². The molecule has 0 bridgehead atoms. The topological polar surface area (TPSA) is 40.6 Å². The molecular formula is C15H22N4OS. The van der Waals surface area contributed by atoms with Crippen molar-refractivity contribution in [1.29, 1.82) is 0 Å². The van der Waals surface area contributed by atoms with E-state index in [0.29, 0.717) is 6.04 Å². The standard InChI is InChI=1S/C15H22N4OS/c1-8-21-14-9-13(18-4-6-20-7-5-18)11-17-15(14)19-3-2-16-10-12(1)19/h9,11-12,16H,1-8,10H2/t12-/m1/s1. The highest BCUT2D eigenvalue weighted by Crippen LogP contribution is 2.37. The second-order valence-corrected chi connectivity index (χ2v) is 6.94. The summed E-state index contributed by atoms with van der Waals surface area (Å²) in [6.45, 7) is 6.82. The van der Waals surface area contributed by atoms with Crippen molar-refractivity contribution in [3.8, 4) is 0 Å². The highest BCUT2D eigenvalue weighted by Gasteiger charge is 2.28. The zero-order valence-corrected chi connectivity index (χ0v) is 13.1. The number of nitrogens with one attached hydrogen (secondary N) is 1. The van der Waals surface area contributed by atoms with Gasteiger partial charge in [-0.3, -0.25) is 0 Å². The lowest BCUT2D eigenvalue weighted by atomic mass is 10.1. The fourth-order valence-corrected chi connectivity index (χ4v) is 4.46. The molecule has 1 N–H and O–H groups in total. The molecule has 1 aromatic heterocycles. The van der Waals surface area contributed by atoms with Gasteiger partial charge in [-0.1, -0.05) is 0 Å². The monoisotopic (exact) mass is 306 g/mol. The molecule has 1 atom stereocenters. The second-order valence-electron chi connectivity index (χ2n) is 5.80. The average Bonchev–Trinajstić information content (AvgIpc) is 2.74. The van der Waals surface area contributed by atoms with Crippen LogP contribution in [0.25, 0.3) is 0 Å². The van der Waals surface area contributed by atoms with Crippen LogP contribution in [-0.2, 0) is 4.74 Å². The van der Waals surface area contributed by atoms with Gasteiger partial charge in [0.15, 0.2) is 0 Å². The predicted octanol–water partition coefficient (Wildman–Crippen LogP) is 1.19. The second kappa shape index (κ2) is 6.02. The maximum atomic E-state index is 5.44. The molecule has 3 aliphatic rings. The lowest BCUT2D eigenvalue weighted by Gasteiger charge is -2.36. The molecule has 5 nitrogen and oxygen atoms in total. The summed E-state index contributed by atoms with van der Waals surface area (Å²) >= 11 is 1.96. The minimum atomic E-state index is 0.606. The Kier molecular flexibility index (Phi) is 3.92. The van der Waals surface area contributed by atoms with E-state index in [-0.39, 0.29) is 0 Å². The van der Waals surface area contributed by atoms with Crippen molar-refractivity contribution in [1.82, 2.24) is 10.3 Å². The lowest BCUT2D eigenvalue weighted by molar-refractivity contribution is 0.122. The Morgan fingerprint density at radius 2 is 2.19 bits per heavy atom. The largest absolute Gasteiger partial charge is 0.378 e. The van der Waals surface area contributed by atoms with Gasteiger partial charge in [0.25, 0.3) is 0 Å². The average molecular weight is 306 g/mol. The van der Waals surface area contributed by atoms with Gasteiger partial charge < -0.3 is 19.9 Å². The van der Waals surface area contributed by atoms with Crippen molar-refractivity contribution in [2.24, 2.45) is 0 Å². The number of hydrogen-bond acceptors (Lipinski definition) is 6. The van der Waals surface area contributed by atoms with Crippen LogP contribution in [0.1, 0.15) is 6.42 Å². The number of ether oxygens (including phenoxy) is 1. The van der Waals surface area contributed by atoms with Gasteiger partial charge in [0, 0.05) is 44.5 Å². The summed E-state index contributed by atoms with van der Waals surface area (Å²) in [6, 6.07) is 2.94. The Morgan fingerprint density at radius 1 is 1.29 bits per heavy atom. The van der Waals surface area contributed by atoms with Crippen molar-refractivity contribution >= 4 is 23.3 Å². The van der Waals surface area contributed by atoms with Crippen LogP contribution in [0.4, 0.5) is 11.5 Å². The van der Waals surface area contributed by atoms with Crippen molar-refractivity contribution in [2.75, 3.05) is 61.5 Å². The number of piperazine rings is 1. The van der Waals surface area contributed by atoms with E-state index < -0.39 is 0 Å². The third-order valence-electron chi connectivity index (χ3n) is 4.53. The number of thioether (sulfide) groups is 1. The van der Waals surface area contributed by atoms with Gasteiger partial charge >= 0.3 is 0 Å². The molecule has 4 rings (SSSR count). The van der Waals surface area contributed by atoms with Crippen LogP contribution in [0.2, 0.25) is 0 Å². The quantitative estimate of drug-likeness (QED) is 0.840. The van der Waals surface area contributed by atoms with Gasteiger partial charge in [-0.15, -0.1) is 11.8 Å². The Bertz CT molecular complexity index is 506. The molecule has 3 aliphatic heterocycles. The number of morpholine rings is 1. The van der Waals surface area contributed by atoms with Crippen LogP contribution < -0.4 is 15.1 Å². The lowest BCUT2D eigenvalue weighted by Crippen LogP contribution is -2.51. The summed E-state index contributed by atoms with van der Waals surface area (Å²) in [6.07, 6.45) is 3.29. The third-order valence-corrected chi connectivity index (χ3v) is 5.58. The van der Waals surface area contributed by atoms with Gasteiger partial charge in [-0.2, -0.15) is 0 Å². The van der Waals surface area contributed by atoms with Crippen molar-refractivity contribution in [3.05, 3.63) is 12.3 Å². The Balaban J connectivity index is 1.63. The van der Waals surface area contributed by atoms with E-state index in [1.165, 1.54) is 28.6 Å². The van der Waals surface area contributed by atoms with Gasteiger partial charge in [0.05, 0.1) is 30.0 Å². The van der Waals surface area contributed by atoms with Gasteiger partial charge in [0.1, 0.15) is 5.82 Å². The molecule has 2 fully saturated rings. The number of rotatable bonds is 1. The summed E-state index contributed by atoms with van der Waals surface area (Å²) in [5.41, 5.74) is 1.25. The number of aromatic nitrogens is 1. The molecule has 0 spiro atoms. The van der Waals surface area contributed by atoms with Crippen LogP contribution in [0.5, 0.6) is 0 Å². The van der Waals surface area contributed by atoms with Crippen LogP contribution in [0, 0.1) is 0 Å². The first-order valence-electron chi connectivity index (χ1n) is 7.85. The fourth-order valence-electron chi connectivity index (χ4n) is 3.35. The molecule has 0 amide bonds. The Hall–Kier alpha value is -0.980. The molecule has 2 saturated heterocycles. The first-order valence-corrected chi connectivity index (χ1v) is 8.83. The van der Waals surface area contributed by atoms with E-state index in [2.05, 4.69) is 27.4 Å². The predicted molar refractivity (Wildman–Crippen MR) is 86.6 cm³/mol. The molecule has 0 radical (unpaired) electrons. The molecule has 0 unspecified atom stereocenters. The summed E-state index contributed by atoms with van der Waals surface area (Å²) in [5.74, 6) is 2.38. The molecule has 0 saturated carbocycles. The molecule has 4 heterocycles. The number of anilines is 2. The molecule has 6 heteroatoms. The number of fused-ring (bicyclic) bond motifs is 3. The molecular weight excluding hydrogens is 284 g/mol. The molecule has 21 heavy (non-hydrogen) atoms. The van der Waals surface area contributed by atoms with Crippen LogP contribution in [-0.4, -0.2) is 62.7 Å². The molecule has 0 aromatic carbocycles. The van der Waals surface area contributed by atoms with E-state index in [4.69, 9.17) is 9.72 Å². The van der Waals surface area contributed by atoms with Gasteiger partial charge in [-0.25, -0.2) is 4.98 Å².